The number of benzene rings is 2. The molecule has 0 saturated carbocycles. The topological polar surface area (TPSA) is 98.4 Å². The first-order valence-electron chi connectivity index (χ1n) is 13.4. The summed E-state index contributed by atoms with van der Waals surface area (Å²) in [5.41, 5.74) is 2.03. The third kappa shape index (κ3) is 5.24. The average Bonchev–Trinajstić information content (AvgIpc) is 3.63. The molecule has 2 aliphatic rings. The molecular formula is C31H33NO7. The minimum atomic E-state index is -0.859. The van der Waals surface area contributed by atoms with Crippen LogP contribution in [-0.2, 0) is 22.6 Å². The van der Waals surface area contributed by atoms with Crippen molar-refractivity contribution in [3.05, 3.63) is 82.8 Å². The number of aliphatic hydroxyl groups is 1. The summed E-state index contributed by atoms with van der Waals surface area (Å²) >= 11 is 0. The maximum Gasteiger partial charge on any atom is 0.296 e. The Hall–Kier alpha value is -4.20. The van der Waals surface area contributed by atoms with Gasteiger partial charge >= 0.3 is 0 Å². The average molecular weight is 532 g/mol. The van der Waals surface area contributed by atoms with Gasteiger partial charge in [0.05, 0.1) is 37.6 Å². The van der Waals surface area contributed by atoms with Crippen molar-refractivity contribution in [2.75, 3.05) is 13.2 Å². The third-order valence-electron chi connectivity index (χ3n) is 6.95. The summed E-state index contributed by atoms with van der Waals surface area (Å²) in [6.07, 6.45) is 4.15. The van der Waals surface area contributed by atoms with Crippen LogP contribution in [0.3, 0.4) is 0 Å². The zero-order valence-electron chi connectivity index (χ0n) is 22.4. The van der Waals surface area contributed by atoms with Crippen molar-refractivity contribution in [3.8, 4) is 17.2 Å². The standard InChI is InChI=1S/C31H33NO7/c1-4-6-13-38-25-12-9-20(17-26(25)36-5-2)28-27(30(34)31(35)32(28)18-23-8-7-14-37-23)29(33)21-10-11-24-22(16-21)15-19(3)39-24/h7-12,14,16-17,19,28,33H,4-6,13,15,18H2,1-3H3/b29-27-. The van der Waals surface area contributed by atoms with E-state index in [9.17, 15) is 14.7 Å². The number of rotatable bonds is 10. The van der Waals surface area contributed by atoms with Crippen molar-refractivity contribution < 1.29 is 33.3 Å². The Bertz CT molecular complexity index is 1390. The summed E-state index contributed by atoms with van der Waals surface area (Å²) in [7, 11) is 0. The first-order valence-corrected chi connectivity index (χ1v) is 13.4. The normalized spacial score (nSPS) is 19.7. The van der Waals surface area contributed by atoms with Crippen LogP contribution in [-0.4, -0.2) is 41.0 Å². The monoisotopic (exact) mass is 531 g/mol. The Morgan fingerprint density at radius 1 is 1.08 bits per heavy atom. The molecule has 8 heteroatoms. The molecule has 8 nitrogen and oxygen atoms in total. The summed E-state index contributed by atoms with van der Waals surface area (Å²) in [6.45, 7) is 6.97. The minimum absolute atomic E-state index is 0.0144. The molecule has 3 heterocycles. The van der Waals surface area contributed by atoms with Gasteiger partial charge < -0.3 is 28.6 Å². The number of nitrogens with zero attached hydrogens (tertiary/aromatic N) is 1. The van der Waals surface area contributed by atoms with Crippen molar-refractivity contribution in [2.24, 2.45) is 0 Å². The number of carbonyl (C=O) groups is 2. The van der Waals surface area contributed by atoms with E-state index in [2.05, 4.69) is 6.92 Å². The molecule has 2 aromatic carbocycles. The number of likely N-dealkylation sites (tertiary alicyclic amines) is 1. The van der Waals surface area contributed by atoms with E-state index in [0.29, 0.717) is 48.0 Å². The summed E-state index contributed by atoms with van der Waals surface area (Å²) in [6, 6.07) is 13.3. The van der Waals surface area contributed by atoms with E-state index in [1.54, 1.807) is 42.5 Å². The number of fused-ring (bicyclic) bond motifs is 1. The van der Waals surface area contributed by atoms with Crippen LogP contribution in [0.25, 0.3) is 5.76 Å². The smallest absolute Gasteiger partial charge is 0.296 e. The molecule has 1 amide bonds. The summed E-state index contributed by atoms with van der Waals surface area (Å²) in [5, 5.41) is 11.5. The van der Waals surface area contributed by atoms with Gasteiger partial charge in [-0.3, -0.25) is 9.59 Å². The molecule has 0 bridgehead atoms. The van der Waals surface area contributed by atoms with E-state index >= 15 is 0 Å². The molecule has 1 aromatic heterocycles. The van der Waals surface area contributed by atoms with Gasteiger partial charge in [-0.15, -0.1) is 0 Å². The van der Waals surface area contributed by atoms with Crippen LogP contribution in [0.5, 0.6) is 17.2 Å². The number of hydrogen-bond donors (Lipinski definition) is 1. The second kappa shape index (κ2) is 11.3. The Balaban J connectivity index is 1.60. The van der Waals surface area contributed by atoms with Crippen LogP contribution in [0.2, 0.25) is 0 Å². The number of aliphatic hydroxyl groups excluding tert-OH is 1. The maximum absolute atomic E-state index is 13.5. The lowest BCUT2D eigenvalue weighted by Crippen LogP contribution is -2.29. The van der Waals surface area contributed by atoms with Gasteiger partial charge in [0, 0.05) is 12.0 Å². The number of furan rings is 1. The lowest BCUT2D eigenvalue weighted by atomic mass is 9.94. The first-order chi connectivity index (χ1) is 18.9. The highest BCUT2D eigenvalue weighted by molar-refractivity contribution is 6.46. The number of ether oxygens (including phenoxy) is 3. The van der Waals surface area contributed by atoms with Crippen molar-refractivity contribution in [2.45, 2.75) is 58.7 Å². The second-order valence-corrected chi connectivity index (χ2v) is 9.80. The SMILES string of the molecule is CCCCOc1ccc(C2/C(=C(/O)c3ccc4c(c3)CC(C)O4)C(=O)C(=O)N2Cc2ccco2)cc1OCC. The minimum Gasteiger partial charge on any atom is -0.507 e. The molecule has 2 aliphatic heterocycles. The molecule has 5 rings (SSSR count). The van der Waals surface area contributed by atoms with Crippen LogP contribution in [0.1, 0.15) is 62.1 Å². The van der Waals surface area contributed by atoms with Crippen LogP contribution >= 0.6 is 0 Å². The Labute approximate surface area is 227 Å². The number of Topliss-reactive ketones (excluding diaryl/α,β-unsaturated/α-hetero) is 1. The van der Waals surface area contributed by atoms with Gasteiger partial charge in [-0.25, -0.2) is 0 Å². The van der Waals surface area contributed by atoms with Gasteiger partial charge in [-0.1, -0.05) is 19.4 Å². The fraction of sp³-hybridized carbons (Fsp3) is 0.355. The van der Waals surface area contributed by atoms with Crippen LogP contribution < -0.4 is 14.2 Å². The summed E-state index contributed by atoms with van der Waals surface area (Å²) in [4.78, 5) is 28.2. The van der Waals surface area contributed by atoms with E-state index in [1.807, 2.05) is 19.9 Å². The van der Waals surface area contributed by atoms with Gasteiger partial charge in [0.15, 0.2) is 11.5 Å². The fourth-order valence-corrected chi connectivity index (χ4v) is 5.09. The zero-order valence-corrected chi connectivity index (χ0v) is 22.4. The molecule has 1 fully saturated rings. The van der Waals surface area contributed by atoms with E-state index < -0.39 is 17.7 Å². The van der Waals surface area contributed by atoms with E-state index in [-0.39, 0.29) is 24.0 Å². The molecule has 2 atom stereocenters. The highest BCUT2D eigenvalue weighted by atomic mass is 16.5. The molecular weight excluding hydrogens is 498 g/mol. The van der Waals surface area contributed by atoms with Gasteiger partial charge in [-0.2, -0.15) is 0 Å². The van der Waals surface area contributed by atoms with Gasteiger partial charge in [-0.05, 0) is 73.9 Å². The Kier molecular flexibility index (Phi) is 7.63. The van der Waals surface area contributed by atoms with E-state index in [1.165, 1.54) is 11.2 Å². The molecule has 39 heavy (non-hydrogen) atoms. The molecule has 1 saturated heterocycles. The molecule has 204 valence electrons. The lowest BCUT2D eigenvalue weighted by Gasteiger charge is -2.25. The van der Waals surface area contributed by atoms with Crippen molar-refractivity contribution in [1.82, 2.24) is 4.90 Å². The molecule has 0 radical (unpaired) electrons. The molecule has 2 unspecified atom stereocenters. The van der Waals surface area contributed by atoms with E-state index in [4.69, 9.17) is 18.6 Å². The molecule has 0 aliphatic carbocycles. The molecule has 0 spiro atoms. The number of amides is 1. The largest absolute Gasteiger partial charge is 0.507 e. The summed E-state index contributed by atoms with van der Waals surface area (Å²) in [5.74, 6) is 0.684. The lowest BCUT2D eigenvalue weighted by molar-refractivity contribution is -0.140. The third-order valence-corrected chi connectivity index (χ3v) is 6.95. The highest BCUT2D eigenvalue weighted by Gasteiger charge is 2.46. The van der Waals surface area contributed by atoms with Crippen LogP contribution in [0, 0.1) is 0 Å². The Morgan fingerprint density at radius 2 is 1.92 bits per heavy atom. The highest BCUT2D eigenvalue weighted by Crippen LogP contribution is 2.43. The van der Waals surface area contributed by atoms with Crippen LogP contribution in [0.15, 0.2) is 64.8 Å². The molecule has 3 aromatic rings. The number of unbranched alkanes of at least 4 members (excludes halogenated alkanes) is 1. The van der Waals surface area contributed by atoms with Crippen molar-refractivity contribution >= 4 is 17.4 Å². The zero-order chi connectivity index (χ0) is 27.5. The number of carbonyl (C=O) groups excluding carboxylic acids is 2. The van der Waals surface area contributed by atoms with E-state index in [0.717, 1.165) is 24.2 Å². The van der Waals surface area contributed by atoms with Gasteiger partial charge in [0.25, 0.3) is 11.7 Å². The maximum atomic E-state index is 13.5. The van der Waals surface area contributed by atoms with Gasteiger partial charge in [0.2, 0.25) is 0 Å². The van der Waals surface area contributed by atoms with Crippen molar-refractivity contribution in [3.63, 3.8) is 0 Å². The Morgan fingerprint density at radius 3 is 2.67 bits per heavy atom. The first kappa shape index (κ1) is 26.4. The second-order valence-electron chi connectivity index (χ2n) is 9.80. The molecule has 1 N–H and O–H groups in total. The number of ketones is 1. The van der Waals surface area contributed by atoms with Crippen LogP contribution in [0.4, 0.5) is 0 Å². The van der Waals surface area contributed by atoms with Crippen molar-refractivity contribution in [1.29, 1.82) is 0 Å². The quantitative estimate of drug-likeness (QED) is 0.153. The van der Waals surface area contributed by atoms with Gasteiger partial charge in [0.1, 0.15) is 23.4 Å². The fourth-order valence-electron chi connectivity index (χ4n) is 5.09. The number of hydrogen-bond acceptors (Lipinski definition) is 7. The predicted molar refractivity (Wildman–Crippen MR) is 145 cm³/mol. The predicted octanol–water partition coefficient (Wildman–Crippen LogP) is 5.80. The summed E-state index contributed by atoms with van der Waals surface area (Å²) < 4.78 is 23.1.